The van der Waals surface area contributed by atoms with Crippen molar-refractivity contribution in [3.63, 3.8) is 0 Å². The molecule has 0 bridgehead atoms. The first kappa shape index (κ1) is 21.7. The van der Waals surface area contributed by atoms with Gasteiger partial charge in [-0.25, -0.2) is 19.9 Å². The van der Waals surface area contributed by atoms with Gasteiger partial charge in [0.25, 0.3) is 5.91 Å². The second-order valence-corrected chi connectivity index (χ2v) is 7.25. The van der Waals surface area contributed by atoms with Crippen molar-refractivity contribution in [3.05, 3.63) is 83.9 Å². The first-order chi connectivity index (χ1) is 16.0. The van der Waals surface area contributed by atoms with E-state index < -0.39 is 0 Å². The summed E-state index contributed by atoms with van der Waals surface area (Å²) >= 11 is 0. The summed E-state index contributed by atoms with van der Waals surface area (Å²) < 4.78 is 5.15. The quantitative estimate of drug-likeness (QED) is 0.380. The van der Waals surface area contributed by atoms with Gasteiger partial charge in [0.05, 0.1) is 7.11 Å². The number of benzene rings is 1. The molecule has 0 aliphatic heterocycles. The predicted octanol–water partition coefficient (Wildman–Crippen LogP) is 4.63. The Morgan fingerprint density at radius 1 is 0.818 bits per heavy atom. The van der Waals surface area contributed by atoms with E-state index >= 15 is 0 Å². The Labute approximate surface area is 191 Å². The molecule has 3 N–H and O–H groups in total. The van der Waals surface area contributed by atoms with E-state index in [2.05, 4.69) is 35.9 Å². The van der Waals surface area contributed by atoms with Crippen LogP contribution in [0.25, 0.3) is 0 Å². The van der Waals surface area contributed by atoms with Crippen LogP contribution in [0.3, 0.4) is 0 Å². The second-order valence-electron chi connectivity index (χ2n) is 7.25. The van der Waals surface area contributed by atoms with Gasteiger partial charge >= 0.3 is 0 Å². The van der Waals surface area contributed by atoms with Crippen LogP contribution in [0.15, 0.2) is 67.0 Å². The Bertz CT molecular complexity index is 1280. The number of nitrogens with zero attached hydrogens (tertiary/aromatic N) is 4. The van der Waals surface area contributed by atoms with E-state index in [1.807, 2.05) is 38.1 Å². The van der Waals surface area contributed by atoms with Gasteiger partial charge in [-0.1, -0.05) is 0 Å². The van der Waals surface area contributed by atoms with Crippen molar-refractivity contribution in [2.45, 2.75) is 13.8 Å². The number of pyridine rings is 2. The average Bonchev–Trinajstić information content (AvgIpc) is 2.80. The van der Waals surface area contributed by atoms with Crippen LogP contribution < -0.4 is 20.7 Å². The van der Waals surface area contributed by atoms with E-state index in [1.165, 1.54) is 7.11 Å². The molecule has 0 spiro atoms. The SMILES string of the molecule is COc1ncccc1C(=O)Nc1ccc(Nc2cc(Nc3cc(C)ccn3)nc(C)n2)cc1. The maximum Gasteiger partial charge on any atom is 0.261 e. The number of nitrogens with one attached hydrogen (secondary N) is 3. The van der Waals surface area contributed by atoms with Crippen LogP contribution >= 0.6 is 0 Å². The monoisotopic (exact) mass is 441 g/mol. The summed E-state index contributed by atoms with van der Waals surface area (Å²) in [6, 6.07) is 16.3. The lowest BCUT2D eigenvalue weighted by Crippen LogP contribution is -2.13. The largest absolute Gasteiger partial charge is 0.480 e. The number of hydrogen-bond donors (Lipinski definition) is 3. The first-order valence-corrected chi connectivity index (χ1v) is 10.2. The molecule has 0 unspecified atom stereocenters. The molecule has 1 amide bonds. The van der Waals surface area contributed by atoms with Crippen LogP contribution in [0.2, 0.25) is 0 Å². The highest BCUT2D eigenvalue weighted by molar-refractivity contribution is 6.05. The third-order valence-corrected chi connectivity index (χ3v) is 4.63. The number of aryl methyl sites for hydroxylation is 2. The zero-order valence-electron chi connectivity index (χ0n) is 18.5. The molecule has 3 heterocycles. The van der Waals surface area contributed by atoms with Crippen LogP contribution in [0.5, 0.6) is 5.88 Å². The summed E-state index contributed by atoms with van der Waals surface area (Å²) in [5, 5.41) is 9.31. The lowest BCUT2D eigenvalue weighted by atomic mass is 10.2. The van der Waals surface area contributed by atoms with E-state index in [-0.39, 0.29) is 11.8 Å². The Hall–Kier alpha value is -4.53. The molecule has 9 nitrogen and oxygen atoms in total. The summed E-state index contributed by atoms with van der Waals surface area (Å²) in [4.78, 5) is 29.8. The smallest absolute Gasteiger partial charge is 0.261 e. The summed E-state index contributed by atoms with van der Waals surface area (Å²) in [5.41, 5.74) is 2.92. The number of carbonyl (C=O) groups is 1. The minimum Gasteiger partial charge on any atom is -0.480 e. The van der Waals surface area contributed by atoms with Gasteiger partial charge in [0, 0.05) is 29.8 Å². The van der Waals surface area contributed by atoms with Gasteiger partial charge in [-0.15, -0.1) is 0 Å². The molecule has 9 heteroatoms. The third-order valence-electron chi connectivity index (χ3n) is 4.63. The summed E-state index contributed by atoms with van der Waals surface area (Å²) in [7, 11) is 1.48. The molecule has 166 valence electrons. The van der Waals surface area contributed by atoms with Crippen LogP contribution in [0, 0.1) is 13.8 Å². The van der Waals surface area contributed by atoms with Gasteiger partial charge in [-0.2, -0.15) is 0 Å². The number of methoxy groups -OCH3 is 1. The predicted molar refractivity (Wildman–Crippen MR) is 127 cm³/mol. The Morgan fingerprint density at radius 3 is 2.27 bits per heavy atom. The summed E-state index contributed by atoms with van der Waals surface area (Å²) in [6.45, 7) is 3.83. The van der Waals surface area contributed by atoms with Crippen molar-refractivity contribution in [2.24, 2.45) is 0 Å². The third kappa shape index (κ3) is 5.59. The van der Waals surface area contributed by atoms with E-state index in [1.54, 1.807) is 42.7 Å². The average molecular weight is 441 g/mol. The Balaban J connectivity index is 1.44. The van der Waals surface area contributed by atoms with Crippen molar-refractivity contribution in [2.75, 3.05) is 23.1 Å². The topological polar surface area (TPSA) is 114 Å². The normalized spacial score (nSPS) is 10.4. The minimum atomic E-state index is -0.299. The Morgan fingerprint density at radius 2 is 1.55 bits per heavy atom. The molecule has 1 aromatic carbocycles. The molecule has 0 atom stereocenters. The molecule has 0 saturated carbocycles. The van der Waals surface area contributed by atoms with Gasteiger partial charge in [0.15, 0.2) is 0 Å². The molecule has 4 rings (SSSR count). The highest BCUT2D eigenvalue weighted by Crippen LogP contribution is 2.22. The van der Waals surface area contributed by atoms with Crippen LogP contribution in [-0.2, 0) is 0 Å². The molecule has 0 fully saturated rings. The molecule has 3 aromatic heterocycles. The van der Waals surface area contributed by atoms with Crippen molar-refractivity contribution in [1.82, 2.24) is 19.9 Å². The van der Waals surface area contributed by atoms with Gasteiger partial charge in [0.1, 0.15) is 28.8 Å². The minimum absolute atomic E-state index is 0.276. The van der Waals surface area contributed by atoms with Gasteiger partial charge < -0.3 is 20.7 Å². The molecule has 33 heavy (non-hydrogen) atoms. The lowest BCUT2D eigenvalue weighted by Gasteiger charge is -2.11. The summed E-state index contributed by atoms with van der Waals surface area (Å²) in [6.07, 6.45) is 3.32. The number of amides is 1. The van der Waals surface area contributed by atoms with Crippen LogP contribution in [0.4, 0.5) is 28.8 Å². The maximum absolute atomic E-state index is 12.5. The molecular weight excluding hydrogens is 418 g/mol. The molecule has 0 saturated heterocycles. The van der Waals surface area contributed by atoms with Crippen molar-refractivity contribution in [3.8, 4) is 5.88 Å². The van der Waals surface area contributed by atoms with Crippen LogP contribution in [0.1, 0.15) is 21.7 Å². The number of carbonyl (C=O) groups excluding carboxylic acids is 1. The zero-order valence-corrected chi connectivity index (χ0v) is 18.5. The fourth-order valence-corrected chi connectivity index (χ4v) is 3.14. The molecule has 0 radical (unpaired) electrons. The molecular formula is C24H23N7O2. The summed E-state index contributed by atoms with van der Waals surface area (Å²) in [5.74, 6) is 2.58. The van der Waals surface area contributed by atoms with Crippen molar-refractivity contribution in [1.29, 1.82) is 0 Å². The van der Waals surface area contributed by atoms with Gasteiger partial charge in [0.2, 0.25) is 5.88 Å². The van der Waals surface area contributed by atoms with Crippen molar-refractivity contribution >= 4 is 34.7 Å². The number of aromatic nitrogens is 4. The number of hydrogen-bond acceptors (Lipinski definition) is 8. The fourth-order valence-electron chi connectivity index (χ4n) is 3.14. The fraction of sp³-hybridized carbons (Fsp3) is 0.125. The second kappa shape index (κ2) is 9.73. The zero-order chi connectivity index (χ0) is 23.2. The maximum atomic E-state index is 12.5. The molecule has 0 aliphatic rings. The number of ether oxygens (including phenoxy) is 1. The first-order valence-electron chi connectivity index (χ1n) is 10.2. The molecule has 0 aliphatic carbocycles. The highest BCUT2D eigenvalue weighted by Gasteiger charge is 2.13. The molecule has 4 aromatic rings. The van der Waals surface area contributed by atoms with Crippen molar-refractivity contribution < 1.29 is 9.53 Å². The van der Waals surface area contributed by atoms with E-state index in [0.717, 1.165) is 11.3 Å². The number of rotatable bonds is 7. The van der Waals surface area contributed by atoms with Crippen LogP contribution in [-0.4, -0.2) is 33.0 Å². The van der Waals surface area contributed by atoms with E-state index in [0.29, 0.717) is 34.5 Å². The van der Waals surface area contributed by atoms with Gasteiger partial charge in [-0.05, 0) is 67.9 Å². The standard InChI is InChI=1S/C24H23N7O2/c1-15-10-12-25-20(13-15)31-22-14-21(27-16(2)28-22)29-17-6-8-18(9-7-17)30-23(32)19-5-4-11-26-24(19)33-3/h4-14H,1-3H3,(H,30,32)(H2,25,27,28,29,31). The van der Waals surface area contributed by atoms with Gasteiger partial charge in [-0.3, -0.25) is 4.79 Å². The lowest BCUT2D eigenvalue weighted by molar-refractivity contribution is 0.102. The Kier molecular flexibility index (Phi) is 6.40. The van der Waals surface area contributed by atoms with E-state index in [4.69, 9.17) is 4.74 Å². The highest BCUT2D eigenvalue weighted by atomic mass is 16.5. The van der Waals surface area contributed by atoms with E-state index in [9.17, 15) is 4.79 Å². The number of anilines is 5.